The van der Waals surface area contributed by atoms with Crippen LogP contribution >= 0.6 is 11.3 Å². The van der Waals surface area contributed by atoms with Crippen molar-refractivity contribution in [2.45, 2.75) is 25.9 Å². The van der Waals surface area contributed by atoms with E-state index in [1.807, 2.05) is 11.3 Å². The fraction of sp³-hybridized carbons (Fsp3) is 0.636. The maximum absolute atomic E-state index is 3.47. The molecular weight excluding hydrogens is 192 g/mol. The molecule has 2 atom stereocenters. The first kappa shape index (κ1) is 10.1. The van der Waals surface area contributed by atoms with Crippen LogP contribution in [0.5, 0.6) is 0 Å². The molecule has 0 unspecified atom stereocenters. The molecule has 0 saturated carbocycles. The number of nitrogens with one attached hydrogen (secondary N) is 1. The molecule has 2 rings (SSSR count). The Morgan fingerprint density at radius 1 is 1.64 bits per heavy atom. The van der Waals surface area contributed by atoms with E-state index in [0.717, 1.165) is 6.54 Å². The lowest BCUT2D eigenvalue weighted by Crippen LogP contribution is -2.49. The van der Waals surface area contributed by atoms with E-state index in [1.54, 1.807) is 0 Å². The van der Waals surface area contributed by atoms with Crippen molar-refractivity contribution in [3.8, 4) is 0 Å². The molecule has 78 valence electrons. The molecule has 0 bridgehead atoms. The molecule has 2 nitrogen and oxygen atoms in total. The predicted molar refractivity (Wildman–Crippen MR) is 61.8 cm³/mol. The van der Waals surface area contributed by atoms with Crippen molar-refractivity contribution >= 4 is 11.3 Å². The van der Waals surface area contributed by atoms with E-state index < -0.39 is 0 Å². The van der Waals surface area contributed by atoms with Gasteiger partial charge in [0.2, 0.25) is 0 Å². The van der Waals surface area contributed by atoms with E-state index in [9.17, 15) is 0 Å². The Morgan fingerprint density at radius 2 is 2.50 bits per heavy atom. The lowest BCUT2D eigenvalue weighted by Gasteiger charge is -2.35. The van der Waals surface area contributed by atoms with Crippen LogP contribution in [-0.2, 0) is 0 Å². The van der Waals surface area contributed by atoms with Crippen molar-refractivity contribution in [3.63, 3.8) is 0 Å². The molecule has 0 amide bonds. The summed E-state index contributed by atoms with van der Waals surface area (Å²) in [4.78, 5) is 4.05. The van der Waals surface area contributed by atoms with Gasteiger partial charge in [0.05, 0.1) is 0 Å². The first-order valence-corrected chi connectivity index (χ1v) is 6.16. The first-order chi connectivity index (χ1) is 6.77. The average molecular weight is 210 g/mol. The van der Waals surface area contributed by atoms with Crippen LogP contribution in [0.1, 0.15) is 24.8 Å². The van der Waals surface area contributed by atoms with Crippen LogP contribution in [0, 0.1) is 0 Å². The van der Waals surface area contributed by atoms with Gasteiger partial charge in [-0.05, 0) is 25.3 Å². The SMILES string of the molecule is C[C@H]1CN([C@@H](C)c2cccs2)CCN1. The third-order valence-electron chi connectivity index (χ3n) is 2.90. The van der Waals surface area contributed by atoms with Gasteiger partial charge in [0.1, 0.15) is 0 Å². The highest BCUT2D eigenvalue weighted by Crippen LogP contribution is 2.25. The molecule has 0 aliphatic carbocycles. The smallest absolute Gasteiger partial charge is 0.0414 e. The van der Waals surface area contributed by atoms with Crippen molar-refractivity contribution in [1.29, 1.82) is 0 Å². The van der Waals surface area contributed by atoms with Crippen LogP contribution in [0.4, 0.5) is 0 Å². The highest BCUT2D eigenvalue weighted by Gasteiger charge is 2.21. The molecule has 3 heteroatoms. The van der Waals surface area contributed by atoms with Crippen molar-refractivity contribution in [2.24, 2.45) is 0 Å². The number of thiophene rings is 1. The van der Waals surface area contributed by atoms with Crippen molar-refractivity contribution in [1.82, 2.24) is 10.2 Å². The minimum absolute atomic E-state index is 0.583. The van der Waals surface area contributed by atoms with Crippen LogP contribution in [0.25, 0.3) is 0 Å². The number of rotatable bonds is 2. The topological polar surface area (TPSA) is 15.3 Å². The van der Waals surface area contributed by atoms with Gasteiger partial charge in [-0.3, -0.25) is 4.90 Å². The fourth-order valence-electron chi connectivity index (χ4n) is 2.02. The highest BCUT2D eigenvalue weighted by atomic mass is 32.1. The third kappa shape index (κ3) is 2.16. The van der Waals surface area contributed by atoms with Gasteiger partial charge in [-0.1, -0.05) is 6.07 Å². The maximum atomic E-state index is 3.47. The lowest BCUT2D eigenvalue weighted by atomic mass is 10.1. The van der Waals surface area contributed by atoms with Gasteiger partial charge in [0.15, 0.2) is 0 Å². The van der Waals surface area contributed by atoms with Crippen molar-refractivity contribution < 1.29 is 0 Å². The van der Waals surface area contributed by atoms with Gasteiger partial charge in [0, 0.05) is 36.6 Å². The molecule has 1 aliphatic rings. The number of piperazine rings is 1. The summed E-state index contributed by atoms with van der Waals surface area (Å²) in [7, 11) is 0. The lowest BCUT2D eigenvalue weighted by molar-refractivity contribution is 0.161. The predicted octanol–water partition coefficient (Wildman–Crippen LogP) is 2.10. The van der Waals surface area contributed by atoms with Crippen molar-refractivity contribution in [3.05, 3.63) is 22.4 Å². The summed E-state index contributed by atoms with van der Waals surface area (Å²) < 4.78 is 0. The Labute approximate surface area is 89.9 Å². The molecule has 1 aliphatic heterocycles. The van der Waals surface area contributed by atoms with E-state index in [2.05, 4.69) is 41.6 Å². The standard InChI is InChI=1S/C11H18N2S/c1-9-8-13(6-5-12-9)10(2)11-4-3-7-14-11/h3-4,7,9-10,12H,5-6,8H2,1-2H3/t9-,10-/m0/s1. The van der Waals surface area contributed by atoms with Crippen LogP contribution in [-0.4, -0.2) is 30.6 Å². The molecule has 0 aromatic carbocycles. The van der Waals surface area contributed by atoms with Gasteiger partial charge in [0.25, 0.3) is 0 Å². The van der Waals surface area contributed by atoms with Gasteiger partial charge in [-0.2, -0.15) is 0 Å². The van der Waals surface area contributed by atoms with Crippen LogP contribution in [0.15, 0.2) is 17.5 Å². The molecule has 1 saturated heterocycles. The minimum Gasteiger partial charge on any atom is -0.312 e. The molecule has 14 heavy (non-hydrogen) atoms. The molecule has 1 aromatic rings. The summed E-state index contributed by atoms with van der Waals surface area (Å²) in [6, 6.07) is 5.59. The number of nitrogens with zero attached hydrogens (tertiary/aromatic N) is 1. The largest absolute Gasteiger partial charge is 0.312 e. The average Bonchev–Trinajstić information content (AvgIpc) is 2.69. The molecule has 1 aromatic heterocycles. The fourth-order valence-corrected chi connectivity index (χ4v) is 2.84. The van der Waals surface area contributed by atoms with Gasteiger partial charge in [-0.25, -0.2) is 0 Å². The second kappa shape index (κ2) is 4.43. The van der Waals surface area contributed by atoms with E-state index in [-0.39, 0.29) is 0 Å². The third-order valence-corrected chi connectivity index (χ3v) is 3.95. The van der Waals surface area contributed by atoms with E-state index in [1.165, 1.54) is 18.0 Å². The Balaban J connectivity index is 2.00. The van der Waals surface area contributed by atoms with E-state index in [4.69, 9.17) is 0 Å². The van der Waals surface area contributed by atoms with E-state index >= 15 is 0 Å². The monoisotopic (exact) mass is 210 g/mol. The molecule has 0 spiro atoms. The first-order valence-electron chi connectivity index (χ1n) is 5.28. The van der Waals surface area contributed by atoms with Crippen LogP contribution in [0.3, 0.4) is 0 Å². The second-order valence-electron chi connectivity index (χ2n) is 4.04. The highest BCUT2D eigenvalue weighted by molar-refractivity contribution is 7.10. The Kier molecular flexibility index (Phi) is 3.21. The van der Waals surface area contributed by atoms with Crippen LogP contribution in [0.2, 0.25) is 0 Å². The summed E-state index contributed by atoms with van der Waals surface area (Å²) in [5.41, 5.74) is 0. The van der Waals surface area contributed by atoms with Crippen molar-refractivity contribution in [2.75, 3.05) is 19.6 Å². The summed E-state index contributed by atoms with van der Waals surface area (Å²) in [5.74, 6) is 0. The summed E-state index contributed by atoms with van der Waals surface area (Å²) >= 11 is 1.86. The van der Waals surface area contributed by atoms with E-state index in [0.29, 0.717) is 12.1 Å². The normalized spacial score (nSPS) is 26.3. The molecule has 1 fully saturated rings. The number of hydrogen-bond donors (Lipinski definition) is 1. The zero-order chi connectivity index (χ0) is 9.97. The quantitative estimate of drug-likeness (QED) is 0.804. The summed E-state index contributed by atoms with van der Waals surface area (Å²) in [6.45, 7) is 8.02. The molecule has 2 heterocycles. The summed E-state index contributed by atoms with van der Waals surface area (Å²) in [5, 5.41) is 5.64. The van der Waals surface area contributed by atoms with Crippen LogP contribution < -0.4 is 5.32 Å². The Morgan fingerprint density at radius 3 is 3.14 bits per heavy atom. The Hall–Kier alpha value is -0.380. The Bertz CT molecular complexity index is 271. The zero-order valence-electron chi connectivity index (χ0n) is 8.86. The molecule has 0 radical (unpaired) electrons. The number of hydrogen-bond acceptors (Lipinski definition) is 3. The van der Waals surface area contributed by atoms with Gasteiger partial charge in [-0.15, -0.1) is 11.3 Å². The zero-order valence-corrected chi connectivity index (χ0v) is 9.68. The summed E-state index contributed by atoms with van der Waals surface area (Å²) in [6.07, 6.45) is 0. The van der Waals surface area contributed by atoms with Gasteiger partial charge < -0.3 is 5.32 Å². The molecule has 1 N–H and O–H groups in total. The second-order valence-corrected chi connectivity index (χ2v) is 5.02. The minimum atomic E-state index is 0.583. The molecular formula is C11H18N2S. The maximum Gasteiger partial charge on any atom is 0.0414 e. The van der Waals surface area contributed by atoms with Gasteiger partial charge >= 0.3 is 0 Å².